The molecule has 3 unspecified atom stereocenters. The van der Waals surface area contributed by atoms with Gasteiger partial charge in [-0.3, -0.25) is 14.5 Å². The Labute approximate surface area is 175 Å². The predicted molar refractivity (Wildman–Crippen MR) is 115 cm³/mol. The van der Waals surface area contributed by atoms with Crippen molar-refractivity contribution in [2.24, 2.45) is 5.92 Å². The Morgan fingerprint density at radius 2 is 1.76 bits per heavy atom. The van der Waals surface area contributed by atoms with Crippen molar-refractivity contribution in [2.75, 3.05) is 39.8 Å². The lowest BCUT2D eigenvalue weighted by Crippen LogP contribution is -2.56. The zero-order valence-electron chi connectivity index (χ0n) is 18.4. The fourth-order valence-electron chi connectivity index (χ4n) is 4.20. The highest BCUT2D eigenvalue weighted by molar-refractivity contribution is 5.89. The van der Waals surface area contributed by atoms with E-state index in [4.69, 9.17) is 0 Å². The highest BCUT2D eigenvalue weighted by Crippen LogP contribution is 2.25. The largest absolute Gasteiger partial charge is 0.353 e. The van der Waals surface area contributed by atoms with E-state index < -0.39 is 6.04 Å². The maximum Gasteiger partial charge on any atom is 0.243 e. The SMILES string of the molecule is CCC(C)C(=O)N1Cc2ccccc2CC1C(=O)NCC(C)N1CCN(C)CC1. The predicted octanol–water partition coefficient (Wildman–Crippen LogP) is 1.74. The lowest BCUT2D eigenvalue weighted by Gasteiger charge is -2.39. The highest BCUT2D eigenvalue weighted by atomic mass is 16.2. The van der Waals surface area contributed by atoms with Gasteiger partial charge >= 0.3 is 0 Å². The summed E-state index contributed by atoms with van der Waals surface area (Å²) in [6.07, 6.45) is 1.37. The quantitative estimate of drug-likeness (QED) is 0.790. The number of amides is 2. The normalized spacial score (nSPS) is 22.6. The number of carbonyl (C=O) groups is 2. The summed E-state index contributed by atoms with van der Waals surface area (Å²) < 4.78 is 0. The molecule has 160 valence electrons. The average Bonchev–Trinajstić information content (AvgIpc) is 2.75. The Balaban J connectivity index is 1.66. The van der Waals surface area contributed by atoms with Gasteiger partial charge in [-0.1, -0.05) is 38.1 Å². The number of fused-ring (bicyclic) bond motifs is 1. The minimum absolute atomic E-state index is 0.0304. The van der Waals surface area contributed by atoms with Crippen LogP contribution in [0.15, 0.2) is 24.3 Å². The van der Waals surface area contributed by atoms with Crippen molar-refractivity contribution < 1.29 is 9.59 Å². The van der Waals surface area contributed by atoms with Gasteiger partial charge in [-0.15, -0.1) is 0 Å². The van der Waals surface area contributed by atoms with Gasteiger partial charge in [0.1, 0.15) is 6.04 Å². The van der Waals surface area contributed by atoms with Crippen LogP contribution in [0.2, 0.25) is 0 Å². The van der Waals surface area contributed by atoms with Gasteiger partial charge in [-0.2, -0.15) is 0 Å². The van der Waals surface area contributed by atoms with Gasteiger partial charge in [0.2, 0.25) is 11.8 Å². The van der Waals surface area contributed by atoms with E-state index in [0.29, 0.717) is 25.6 Å². The molecule has 1 N–H and O–H groups in total. The van der Waals surface area contributed by atoms with E-state index in [9.17, 15) is 9.59 Å². The van der Waals surface area contributed by atoms with Crippen molar-refractivity contribution in [3.05, 3.63) is 35.4 Å². The first-order valence-electron chi connectivity index (χ1n) is 11.0. The monoisotopic (exact) mass is 400 g/mol. The first-order valence-corrected chi connectivity index (χ1v) is 11.0. The summed E-state index contributed by atoms with van der Waals surface area (Å²) in [5.74, 6) is -0.0220. The van der Waals surface area contributed by atoms with Crippen molar-refractivity contribution >= 4 is 11.8 Å². The van der Waals surface area contributed by atoms with Crippen LogP contribution in [-0.4, -0.2) is 78.4 Å². The second-order valence-electron chi connectivity index (χ2n) is 8.70. The van der Waals surface area contributed by atoms with E-state index in [1.165, 1.54) is 5.56 Å². The van der Waals surface area contributed by atoms with Gasteiger partial charge in [-0.05, 0) is 31.5 Å². The number of nitrogens with one attached hydrogen (secondary N) is 1. The molecule has 0 radical (unpaired) electrons. The molecule has 3 atom stereocenters. The maximum absolute atomic E-state index is 13.1. The molecule has 0 bridgehead atoms. The molecular formula is C23H36N4O2. The van der Waals surface area contributed by atoms with Crippen LogP contribution in [0.4, 0.5) is 0 Å². The van der Waals surface area contributed by atoms with E-state index in [0.717, 1.165) is 38.2 Å². The molecule has 0 aromatic heterocycles. The Morgan fingerprint density at radius 3 is 2.41 bits per heavy atom. The zero-order valence-corrected chi connectivity index (χ0v) is 18.4. The van der Waals surface area contributed by atoms with Crippen LogP contribution in [-0.2, 0) is 22.6 Å². The molecule has 2 aliphatic rings. The second kappa shape index (κ2) is 9.72. The maximum atomic E-state index is 13.1. The lowest BCUT2D eigenvalue weighted by molar-refractivity contribution is -0.144. The molecule has 1 aromatic rings. The minimum Gasteiger partial charge on any atom is -0.353 e. The van der Waals surface area contributed by atoms with Crippen LogP contribution in [0, 0.1) is 5.92 Å². The Bertz CT molecular complexity index is 715. The third-order valence-electron chi connectivity index (χ3n) is 6.60. The van der Waals surface area contributed by atoms with Crippen LogP contribution in [0.5, 0.6) is 0 Å². The van der Waals surface area contributed by atoms with Gasteiger partial charge in [0, 0.05) is 57.6 Å². The first kappa shape index (κ1) is 21.8. The van der Waals surface area contributed by atoms with Crippen molar-refractivity contribution in [1.29, 1.82) is 0 Å². The molecule has 1 aromatic carbocycles. The standard InChI is InChI=1S/C23H36N4O2/c1-5-17(2)23(29)27-16-20-9-7-6-8-19(20)14-21(27)22(28)24-15-18(3)26-12-10-25(4)11-13-26/h6-9,17-18,21H,5,10-16H2,1-4H3,(H,24,28). The van der Waals surface area contributed by atoms with Gasteiger partial charge in [0.05, 0.1) is 0 Å². The average molecular weight is 401 g/mol. The molecule has 1 saturated heterocycles. The molecule has 6 nitrogen and oxygen atoms in total. The van der Waals surface area contributed by atoms with E-state index in [2.05, 4.69) is 41.2 Å². The molecule has 0 saturated carbocycles. The summed E-state index contributed by atoms with van der Waals surface area (Å²) in [6.45, 7) is 11.5. The third-order valence-corrected chi connectivity index (χ3v) is 6.60. The summed E-state index contributed by atoms with van der Waals surface area (Å²) in [5, 5.41) is 3.15. The third kappa shape index (κ3) is 5.17. The van der Waals surface area contributed by atoms with Crippen molar-refractivity contribution in [2.45, 2.75) is 52.2 Å². The fourth-order valence-corrected chi connectivity index (χ4v) is 4.20. The zero-order chi connectivity index (χ0) is 21.0. The van der Waals surface area contributed by atoms with Gasteiger partial charge < -0.3 is 15.1 Å². The van der Waals surface area contributed by atoms with Crippen molar-refractivity contribution in [1.82, 2.24) is 20.0 Å². The molecule has 29 heavy (non-hydrogen) atoms. The number of carbonyl (C=O) groups excluding carboxylic acids is 2. The van der Waals surface area contributed by atoms with E-state index >= 15 is 0 Å². The van der Waals surface area contributed by atoms with Crippen LogP contribution in [0.1, 0.15) is 38.3 Å². The number of likely N-dealkylation sites (N-methyl/N-ethyl adjacent to an activating group) is 1. The number of hydrogen-bond donors (Lipinski definition) is 1. The van der Waals surface area contributed by atoms with E-state index in [1.807, 2.05) is 26.0 Å². The Morgan fingerprint density at radius 1 is 1.10 bits per heavy atom. The first-order chi connectivity index (χ1) is 13.9. The number of benzene rings is 1. The molecule has 2 heterocycles. The van der Waals surface area contributed by atoms with Gasteiger partial charge in [-0.25, -0.2) is 0 Å². The molecule has 6 heteroatoms. The molecular weight excluding hydrogens is 364 g/mol. The fraction of sp³-hybridized carbons (Fsp3) is 0.652. The molecule has 2 amide bonds. The number of nitrogens with zero attached hydrogens (tertiary/aromatic N) is 3. The van der Waals surface area contributed by atoms with Crippen LogP contribution >= 0.6 is 0 Å². The minimum atomic E-state index is -0.425. The number of piperazine rings is 1. The van der Waals surface area contributed by atoms with Crippen molar-refractivity contribution in [3.63, 3.8) is 0 Å². The van der Waals surface area contributed by atoms with Gasteiger partial charge in [0.15, 0.2) is 0 Å². The molecule has 2 aliphatic heterocycles. The smallest absolute Gasteiger partial charge is 0.243 e. The highest BCUT2D eigenvalue weighted by Gasteiger charge is 2.36. The Hall–Kier alpha value is -1.92. The topological polar surface area (TPSA) is 55.9 Å². The Kier molecular flexibility index (Phi) is 7.30. The second-order valence-corrected chi connectivity index (χ2v) is 8.70. The molecule has 0 aliphatic carbocycles. The molecule has 0 spiro atoms. The summed E-state index contributed by atoms with van der Waals surface area (Å²) in [4.78, 5) is 32.7. The van der Waals surface area contributed by atoms with Crippen molar-refractivity contribution in [3.8, 4) is 0 Å². The summed E-state index contributed by atoms with van der Waals surface area (Å²) in [5.41, 5.74) is 2.33. The van der Waals surface area contributed by atoms with Crippen LogP contribution in [0.25, 0.3) is 0 Å². The summed E-state index contributed by atoms with van der Waals surface area (Å²) in [7, 11) is 2.15. The van der Waals surface area contributed by atoms with Gasteiger partial charge in [0.25, 0.3) is 0 Å². The lowest BCUT2D eigenvalue weighted by atomic mass is 9.92. The summed E-state index contributed by atoms with van der Waals surface area (Å²) in [6, 6.07) is 8.02. The summed E-state index contributed by atoms with van der Waals surface area (Å²) >= 11 is 0. The molecule has 1 fully saturated rings. The van der Waals surface area contributed by atoms with E-state index in [-0.39, 0.29) is 17.7 Å². The van der Waals surface area contributed by atoms with E-state index in [1.54, 1.807) is 4.90 Å². The number of rotatable bonds is 6. The molecule has 3 rings (SSSR count). The van der Waals surface area contributed by atoms with Crippen LogP contribution in [0.3, 0.4) is 0 Å². The number of hydrogen-bond acceptors (Lipinski definition) is 4. The van der Waals surface area contributed by atoms with Crippen LogP contribution < -0.4 is 5.32 Å².